The molecule has 2 rings (SSSR count). The summed E-state index contributed by atoms with van der Waals surface area (Å²) in [5, 5.41) is 11.5. The molecule has 1 atom stereocenters. The third-order valence-electron chi connectivity index (χ3n) is 3.85. The van der Waals surface area contributed by atoms with Crippen molar-refractivity contribution in [1.82, 2.24) is 5.32 Å². The third kappa shape index (κ3) is 4.62. The van der Waals surface area contributed by atoms with E-state index in [2.05, 4.69) is 5.32 Å². The van der Waals surface area contributed by atoms with E-state index in [1.165, 1.54) is 0 Å². The summed E-state index contributed by atoms with van der Waals surface area (Å²) in [6.45, 7) is 4.02. The Morgan fingerprint density at radius 1 is 1.08 bits per heavy atom. The summed E-state index contributed by atoms with van der Waals surface area (Å²) >= 11 is 0. The number of halogens is 2. The maximum absolute atomic E-state index is 13.7. The molecule has 0 heterocycles. The molecule has 1 amide bonds. The van der Waals surface area contributed by atoms with Crippen molar-refractivity contribution in [3.05, 3.63) is 70.8 Å². The number of hydrogen-bond acceptors (Lipinski definition) is 2. The van der Waals surface area contributed by atoms with E-state index < -0.39 is 35.1 Å². The van der Waals surface area contributed by atoms with Crippen LogP contribution >= 0.6 is 0 Å². The maximum Gasteiger partial charge on any atom is 0.326 e. The fourth-order valence-electron chi connectivity index (χ4n) is 2.46. The summed E-state index contributed by atoms with van der Waals surface area (Å²) in [5.74, 6) is -4.18. The van der Waals surface area contributed by atoms with E-state index in [0.29, 0.717) is 5.56 Å². The molecule has 4 nitrogen and oxygen atoms in total. The van der Waals surface area contributed by atoms with E-state index in [1.807, 2.05) is 32.0 Å². The summed E-state index contributed by atoms with van der Waals surface area (Å²) in [6, 6.07) is 9.06. The molecular formula is C19H19F2NO3. The van der Waals surface area contributed by atoms with E-state index in [-0.39, 0.29) is 12.3 Å². The first-order chi connectivity index (χ1) is 11.8. The van der Waals surface area contributed by atoms with Crippen LogP contribution in [0.2, 0.25) is 0 Å². The molecule has 0 saturated heterocycles. The lowest BCUT2D eigenvalue weighted by Gasteiger charge is -2.16. The molecule has 0 aliphatic carbocycles. The number of carboxylic acids is 1. The van der Waals surface area contributed by atoms with Gasteiger partial charge in [0, 0.05) is 6.42 Å². The van der Waals surface area contributed by atoms with Gasteiger partial charge in [-0.1, -0.05) is 44.2 Å². The number of aliphatic carboxylic acids is 1. The average molecular weight is 347 g/mol. The SMILES string of the molecule is CC(C)c1cccc(CC(NC(=O)c2c(F)cccc2F)C(=O)O)c1. The second kappa shape index (κ2) is 7.88. The van der Waals surface area contributed by atoms with E-state index in [9.17, 15) is 23.5 Å². The Morgan fingerprint density at radius 2 is 1.68 bits per heavy atom. The minimum absolute atomic E-state index is 0.0116. The summed E-state index contributed by atoms with van der Waals surface area (Å²) in [5.41, 5.74) is 0.964. The van der Waals surface area contributed by atoms with E-state index in [0.717, 1.165) is 23.8 Å². The Morgan fingerprint density at radius 3 is 2.24 bits per heavy atom. The summed E-state index contributed by atoms with van der Waals surface area (Å²) < 4.78 is 27.3. The van der Waals surface area contributed by atoms with Gasteiger partial charge in [-0.2, -0.15) is 0 Å². The number of amides is 1. The number of hydrogen-bond donors (Lipinski definition) is 2. The van der Waals surface area contributed by atoms with Crippen molar-refractivity contribution >= 4 is 11.9 Å². The van der Waals surface area contributed by atoms with Crippen LogP contribution in [-0.2, 0) is 11.2 Å². The zero-order chi connectivity index (χ0) is 18.6. The van der Waals surface area contributed by atoms with Crippen molar-refractivity contribution in [3.8, 4) is 0 Å². The Hall–Kier alpha value is -2.76. The molecule has 0 spiro atoms. The minimum atomic E-state index is -1.30. The lowest BCUT2D eigenvalue weighted by Crippen LogP contribution is -2.43. The first-order valence-corrected chi connectivity index (χ1v) is 7.86. The smallest absolute Gasteiger partial charge is 0.326 e. The van der Waals surface area contributed by atoms with Gasteiger partial charge in [0.1, 0.15) is 23.2 Å². The van der Waals surface area contributed by atoms with Crippen LogP contribution < -0.4 is 5.32 Å². The van der Waals surface area contributed by atoms with E-state index in [1.54, 1.807) is 6.07 Å². The van der Waals surface area contributed by atoms with Crippen LogP contribution in [0.5, 0.6) is 0 Å². The van der Waals surface area contributed by atoms with Crippen molar-refractivity contribution in [3.63, 3.8) is 0 Å². The van der Waals surface area contributed by atoms with Gasteiger partial charge >= 0.3 is 5.97 Å². The quantitative estimate of drug-likeness (QED) is 0.840. The fraction of sp³-hybridized carbons (Fsp3) is 0.263. The van der Waals surface area contributed by atoms with Crippen molar-refractivity contribution in [1.29, 1.82) is 0 Å². The zero-order valence-corrected chi connectivity index (χ0v) is 13.9. The minimum Gasteiger partial charge on any atom is -0.480 e. The Bertz CT molecular complexity index is 770. The van der Waals surface area contributed by atoms with Gasteiger partial charge in [-0.25, -0.2) is 13.6 Å². The molecule has 0 radical (unpaired) electrons. The Kier molecular flexibility index (Phi) is 5.85. The van der Waals surface area contributed by atoms with Gasteiger partial charge in [0.15, 0.2) is 0 Å². The zero-order valence-electron chi connectivity index (χ0n) is 13.9. The van der Waals surface area contributed by atoms with Crippen LogP contribution in [0, 0.1) is 11.6 Å². The second-order valence-corrected chi connectivity index (χ2v) is 6.06. The van der Waals surface area contributed by atoms with Gasteiger partial charge in [0.05, 0.1) is 0 Å². The number of rotatable bonds is 6. The lowest BCUT2D eigenvalue weighted by molar-refractivity contribution is -0.139. The topological polar surface area (TPSA) is 66.4 Å². The van der Waals surface area contributed by atoms with Gasteiger partial charge in [-0.3, -0.25) is 4.79 Å². The monoisotopic (exact) mass is 347 g/mol. The van der Waals surface area contributed by atoms with Gasteiger partial charge < -0.3 is 10.4 Å². The number of carbonyl (C=O) groups is 2. The van der Waals surface area contributed by atoms with Crippen LogP contribution in [-0.4, -0.2) is 23.0 Å². The van der Waals surface area contributed by atoms with Crippen LogP contribution in [0.25, 0.3) is 0 Å². The maximum atomic E-state index is 13.7. The molecule has 2 aromatic carbocycles. The number of carbonyl (C=O) groups excluding carboxylic acids is 1. The summed E-state index contributed by atoms with van der Waals surface area (Å²) in [6.07, 6.45) is 0.0116. The molecule has 0 fully saturated rings. The van der Waals surface area contributed by atoms with Crippen molar-refractivity contribution in [2.75, 3.05) is 0 Å². The number of benzene rings is 2. The predicted molar refractivity (Wildman–Crippen MR) is 89.5 cm³/mol. The number of carboxylic acid groups (broad SMARTS) is 1. The third-order valence-corrected chi connectivity index (χ3v) is 3.85. The fourth-order valence-corrected chi connectivity index (χ4v) is 2.46. The van der Waals surface area contributed by atoms with Crippen LogP contribution in [0.3, 0.4) is 0 Å². The van der Waals surface area contributed by atoms with Gasteiger partial charge in [-0.05, 0) is 29.2 Å². The van der Waals surface area contributed by atoms with Gasteiger partial charge in [0.2, 0.25) is 0 Å². The molecule has 2 N–H and O–H groups in total. The van der Waals surface area contributed by atoms with Crippen molar-refractivity contribution < 1.29 is 23.5 Å². The highest BCUT2D eigenvalue weighted by Crippen LogP contribution is 2.17. The molecule has 0 aliphatic heterocycles. The molecule has 1 unspecified atom stereocenters. The summed E-state index contributed by atoms with van der Waals surface area (Å²) in [4.78, 5) is 23.6. The molecular weight excluding hydrogens is 328 g/mol. The molecule has 0 aliphatic rings. The van der Waals surface area contributed by atoms with Gasteiger partial charge in [-0.15, -0.1) is 0 Å². The Balaban J connectivity index is 2.20. The van der Waals surface area contributed by atoms with Crippen molar-refractivity contribution in [2.45, 2.75) is 32.2 Å². The predicted octanol–water partition coefficient (Wildman–Crippen LogP) is 3.51. The Labute approximate surface area is 144 Å². The first kappa shape index (κ1) is 18.6. The van der Waals surface area contributed by atoms with Gasteiger partial charge in [0.25, 0.3) is 5.91 Å². The van der Waals surface area contributed by atoms with E-state index >= 15 is 0 Å². The second-order valence-electron chi connectivity index (χ2n) is 6.06. The highest BCUT2D eigenvalue weighted by Gasteiger charge is 2.24. The lowest BCUT2D eigenvalue weighted by atomic mass is 9.97. The molecule has 132 valence electrons. The summed E-state index contributed by atoms with van der Waals surface area (Å²) in [7, 11) is 0. The highest BCUT2D eigenvalue weighted by atomic mass is 19.1. The van der Waals surface area contributed by atoms with Crippen LogP contribution in [0.1, 0.15) is 41.3 Å². The average Bonchev–Trinajstić information content (AvgIpc) is 2.54. The number of nitrogens with one attached hydrogen (secondary N) is 1. The normalized spacial score (nSPS) is 12.0. The van der Waals surface area contributed by atoms with Crippen LogP contribution in [0.15, 0.2) is 42.5 Å². The van der Waals surface area contributed by atoms with Crippen LogP contribution in [0.4, 0.5) is 8.78 Å². The standard InChI is InChI=1S/C19H19F2NO3/c1-11(2)13-6-3-5-12(9-13)10-16(19(24)25)22-18(23)17-14(20)7-4-8-15(17)21/h3-9,11,16H,10H2,1-2H3,(H,22,23)(H,24,25). The van der Waals surface area contributed by atoms with E-state index in [4.69, 9.17) is 0 Å². The highest BCUT2D eigenvalue weighted by molar-refractivity contribution is 5.97. The first-order valence-electron chi connectivity index (χ1n) is 7.86. The molecule has 0 saturated carbocycles. The molecule has 6 heteroatoms. The molecule has 0 aromatic heterocycles. The molecule has 25 heavy (non-hydrogen) atoms. The largest absolute Gasteiger partial charge is 0.480 e. The molecule has 0 bridgehead atoms. The molecule has 2 aromatic rings. The van der Waals surface area contributed by atoms with Crippen molar-refractivity contribution in [2.24, 2.45) is 0 Å².